The van der Waals surface area contributed by atoms with Crippen molar-refractivity contribution >= 4 is 23.5 Å². The van der Waals surface area contributed by atoms with Gasteiger partial charge in [0.15, 0.2) is 0 Å². The van der Waals surface area contributed by atoms with Crippen LogP contribution in [0.15, 0.2) is 30.5 Å². The number of anilines is 1. The second-order valence-electron chi connectivity index (χ2n) is 5.63. The molecule has 0 spiro atoms. The number of aromatic nitrogens is 2. The Kier molecular flexibility index (Phi) is 4.76. The lowest BCUT2D eigenvalue weighted by molar-refractivity contribution is 0.0756. The summed E-state index contributed by atoms with van der Waals surface area (Å²) in [6.45, 7) is 2.94. The predicted molar refractivity (Wildman–Crippen MR) is 94.9 cm³/mol. The summed E-state index contributed by atoms with van der Waals surface area (Å²) in [5.74, 6) is 1.36. The van der Waals surface area contributed by atoms with Gasteiger partial charge in [-0.15, -0.1) is 11.8 Å². The van der Waals surface area contributed by atoms with Crippen LogP contribution < -0.4 is 5.73 Å². The highest BCUT2D eigenvalue weighted by Gasteiger charge is 2.29. The molecule has 2 N–H and O–H groups in total. The van der Waals surface area contributed by atoms with Crippen molar-refractivity contribution in [1.29, 1.82) is 5.26 Å². The number of thioether (sulfide) groups is 1. The van der Waals surface area contributed by atoms with Gasteiger partial charge >= 0.3 is 0 Å². The largest absolute Gasteiger partial charge is 0.382 e. The predicted octanol–water partition coefficient (Wildman–Crippen LogP) is 2.64. The van der Waals surface area contributed by atoms with Crippen molar-refractivity contribution in [2.24, 2.45) is 0 Å². The minimum Gasteiger partial charge on any atom is -0.382 e. The Bertz CT molecular complexity index is 777. The summed E-state index contributed by atoms with van der Waals surface area (Å²) < 4.78 is 1.50. The summed E-state index contributed by atoms with van der Waals surface area (Å²) in [6, 6.07) is 9.18. The first kappa shape index (κ1) is 16.4. The van der Waals surface area contributed by atoms with E-state index in [0.717, 1.165) is 30.8 Å². The van der Waals surface area contributed by atoms with Crippen LogP contribution in [0.5, 0.6) is 0 Å². The minimum absolute atomic E-state index is 0.0659. The molecular weight excluding hydrogens is 322 g/mol. The highest BCUT2D eigenvalue weighted by atomic mass is 32.2. The summed E-state index contributed by atoms with van der Waals surface area (Å²) in [5.41, 5.74) is 7.62. The number of nitriles is 1. The number of carbonyl (C=O) groups is 1. The molecule has 1 saturated heterocycles. The van der Waals surface area contributed by atoms with E-state index in [1.54, 1.807) is 24.3 Å². The summed E-state index contributed by atoms with van der Waals surface area (Å²) in [5, 5.41) is 13.3. The fraction of sp³-hybridized carbons (Fsp3) is 0.353. The highest BCUT2D eigenvalue weighted by molar-refractivity contribution is 8.00. The third-order valence-corrected chi connectivity index (χ3v) is 5.37. The molecular formula is C17H19N5OS. The number of amides is 1. The summed E-state index contributed by atoms with van der Waals surface area (Å²) in [7, 11) is 0. The average molecular weight is 341 g/mol. The fourth-order valence-corrected chi connectivity index (χ4v) is 4.16. The van der Waals surface area contributed by atoms with Gasteiger partial charge in [0, 0.05) is 17.9 Å². The SMILES string of the molecule is CCC[C@@H]1SCCN1C(=O)c1ccc(-n2ncc(C#N)c2N)cc1. The molecule has 2 aromatic rings. The van der Waals surface area contributed by atoms with Crippen LogP contribution in [0.1, 0.15) is 35.7 Å². The first-order valence-electron chi connectivity index (χ1n) is 7.92. The zero-order valence-electron chi connectivity index (χ0n) is 13.5. The number of nitrogens with two attached hydrogens (primary N) is 1. The maximum atomic E-state index is 12.7. The number of hydrogen-bond acceptors (Lipinski definition) is 5. The molecule has 7 heteroatoms. The molecule has 6 nitrogen and oxygen atoms in total. The van der Waals surface area contributed by atoms with Gasteiger partial charge in [0.2, 0.25) is 0 Å². The van der Waals surface area contributed by atoms with Gasteiger partial charge in [-0.05, 0) is 30.7 Å². The van der Waals surface area contributed by atoms with Crippen LogP contribution in [0.2, 0.25) is 0 Å². The van der Waals surface area contributed by atoms with Gasteiger partial charge in [-0.25, -0.2) is 4.68 Å². The summed E-state index contributed by atoms with van der Waals surface area (Å²) in [6.07, 6.45) is 3.53. The number of rotatable bonds is 4. The number of carbonyl (C=O) groups excluding carboxylic acids is 1. The number of nitrogen functional groups attached to an aromatic ring is 1. The average Bonchev–Trinajstić information content (AvgIpc) is 3.21. The number of nitrogens with zero attached hydrogens (tertiary/aromatic N) is 4. The Morgan fingerprint density at radius 2 is 2.21 bits per heavy atom. The van der Waals surface area contributed by atoms with E-state index in [1.165, 1.54) is 10.9 Å². The minimum atomic E-state index is 0.0659. The molecule has 1 aromatic carbocycles. The monoisotopic (exact) mass is 341 g/mol. The maximum Gasteiger partial charge on any atom is 0.254 e. The molecule has 0 radical (unpaired) electrons. The molecule has 0 aliphatic carbocycles. The Balaban J connectivity index is 1.80. The van der Waals surface area contributed by atoms with Gasteiger partial charge in [-0.2, -0.15) is 10.4 Å². The van der Waals surface area contributed by atoms with Crippen molar-refractivity contribution < 1.29 is 4.79 Å². The zero-order valence-corrected chi connectivity index (χ0v) is 14.3. The lowest BCUT2D eigenvalue weighted by Crippen LogP contribution is -2.34. The van der Waals surface area contributed by atoms with E-state index >= 15 is 0 Å². The molecule has 0 unspecified atom stereocenters. The van der Waals surface area contributed by atoms with Crippen molar-refractivity contribution in [3.05, 3.63) is 41.6 Å². The molecule has 24 heavy (non-hydrogen) atoms. The van der Waals surface area contributed by atoms with Gasteiger partial charge < -0.3 is 10.6 Å². The van der Waals surface area contributed by atoms with E-state index < -0.39 is 0 Å². The van der Waals surface area contributed by atoms with Crippen LogP contribution in [0.25, 0.3) is 5.69 Å². The Morgan fingerprint density at radius 3 is 2.83 bits per heavy atom. The van der Waals surface area contributed by atoms with Gasteiger partial charge in [-0.1, -0.05) is 13.3 Å². The molecule has 1 atom stereocenters. The van der Waals surface area contributed by atoms with Crippen LogP contribution in [-0.2, 0) is 0 Å². The van der Waals surface area contributed by atoms with Gasteiger partial charge in [0.1, 0.15) is 17.5 Å². The molecule has 1 aliphatic heterocycles. The molecule has 1 aromatic heterocycles. The standard InChI is InChI=1S/C17H19N5OS/c1-2-3-15-21(8-9-24-15)17(23)12-4-6-14(7-5-12)22-16(19)13(10-18)11-20-22/h4-7,11,15H,2-3,8-9,19H2,1H3/t15-/m0/s1. The molecule has 1 fully saturated rings. The van der Waals surface area contributed by atoms with Crippen LogP contribution >= 0.6 is 11.8 Å². The molecule has 3 rings (SSSR count). The summed E-state index contributed by atoms with van der Waals surface area (Å²) >= 11 is 1.85. The van der Waals surface area contributed by atoms with Gasteiger partial charge in [0.05, 0.1) is 17.3 Å². The smallest absolute Gasteiger partial charge is 0.254 e. The number of hydrogen-bond donors (Lipinski definition) is 1. The molecule has 0 saturated carbocycles. The van der Waals surface area contributed by atoms with E-state index in [1.807, 2.05) is 22.7 Å². The topological polar surface area (TPSA) is 87.9 Å². The van der Waals surface area contributed by atoms with Crippen LogP contribution in [0.4, 0.5) is 5.82 Å². The number of benzene rings is 1. The van der Waals surface area contributed by atoms with E-state index in [0.29, 0.717) is 16.9 Å². The van der Waals surface area contributed by atoms with Gasteiger partial charge in [-0.3, -0.25) is 4.79 Å². The van der Waals surface area contributed by atoms with Crippen molar-refractivity contribution in [2.45, 2.75) is 25.1 Å². The Hall–Kier alpha value is -2.46. The lowest BCUT2D eigenvalue weighted by Gasteiger charge is -2.23. The normalized spacial score (nSPS) is 17.0. The first-order chi connectivity index (χ1) is 11.7. The first-order valence-corrected chi connectivity index (χ1v) is 8.97. The van der Waals surface area contributed by atoms with Crippen LogP contribution in [-0.4, -0.2) is 38.3 Å². The van der Waals surface area contributed by atoms with E-state index in [2.05, 4.69) is 12.0 Å². The van der Waals surface area contributed by atoms with Crippen LogP contribution in [0, 0.1) is 11.3 Å². The van der Waals surface area contributed by atoms with E-state index in [4.69, 9.17) is 11.0 Å². The summed E-state index contributed by atoms with van der Waals surface area (Å²) in [4.78, 5) is 14.7. The van der Waals surface area contributed by atoms with Crippen LogP contribution in [0.3, 0.4) is 0 Å². The fourth-order valence-electron chi connectivity index (χ4n) is 2.80. The molecule has 1 amide bonds. The lowest BCUT2D eigenvalue weighted by atomic mass is 10.1. The zero-order chi connectivity index (χ0) is 17.1. The molecule has 2 heterocycles. The highest BCUT2D eigenvalue weighted by Crippen LogP contribution is 2.29. The van der Waals surface area contributed by atoms with Crippen molar-refractivity contribution in [3.8, 4) is 11.8 Å². The quantitative estimate of drug-likeness (QED) is 0.923. The second kappa shape index (κ2) is 6.97. The van der Waals surface area contributed by atoms with Crippen molar-refractivity contribution in [3.63, 3.8) is 0 Å². The van der Waals surface area contributed by atoms with E-state index in [9.17, 15) is 4.79 Å². The molecule has 1 aliphatic rings. The second-order valence-corrected chi connectivity index (χ2v) is 6.91. The van der Waals surface area contributed by atoms with E-state index in [-0.39, 0.29) is 11.3 Å². The molecule has 0 bridgehead atoms. The third-order valence-electron chi connectivity index (χ3n) is 4.07. The Morgan fingerprint density at radius 1 is 1.46 bits per heavy atom. The maximum absolute atomic E-state index is 12.7. The van der Waals surface area contributed by atoms with Crippen molar-refractivity contribution in [2.75, 3.05) is 18.0 Å². The molecule has 124 valence electrons. The Labute approximate surface area is 145 Å². The van der Waals surface area contributed by atoms with Crippen molar-refractivity contribution in [1.82, 2.24) is 14.7 Å². The van der Waals surface area contributed by atoms with Gasteiger partial charge in [0.25, 0.3) is 5.91 Å². The third kappa shape index (κ3) is 2.97.